The van der Waals surface area contributed by atoms with E-state index < -0.39 is 22.8 Å². The van der Waals surface area contributed by atoms with Gasteiger partial charge in [-0.15, -0.1) is 0 Å². The minimum Gasteiger partial charge on any atom is -0.497 e. The molecule has 0 spiro atoms. The summed E-state index contributed by atoms with van der Waals surface area (Å²) in [5.41, 5.74) is 3.06. The summed E-state index contributed by atoms with van der Waals surface area (Å²) in [5, 5.41) is -0.837. The number of rotatable bonds is 8. The zero-order valence-electron chi connectivity index (χ0n) is 28.4. The predicted octanol–water partition coefficient (Wildman–Crippen LogP) is 8.45. The molecule has 7 nitrogen and oxygen atoms in total. The van der Waals surface area contributed by atoms with Crippen LogP contribution in [0.3, 0.4) is 0 Å². The number of benzene rings is 3. The first-order chi connectivity index (χ1) is 21.8. The molecular weight excluding hydrogens is 584 g/mol. The summed E-state index contributed by atoms with van der Waals surface area (Å²) in [6.45, 7) is 11.5. The van der Waals surface area contributed by atoms with Crippen molar-refractivity contribution < 1.29 is 33.0 Å². The second kappa shape index (κ2) is 15.9. The highest BCUT2D eigenvalue weighted by molar-refractivity contribution is 6.65. The molecular formula is C37H47BFNO6. The van der Waals surface area contributed by atoms with E-state index in [2.05, 4.69) is 29.0 Å². The molecule has 246 valence electrons. The first kappa shape index (κ1) is 36.3. The lowest BCUT2D eigenvalue weighted by atomic mass is 9.26. The fourth-order valence-corrected chi connectivity index (χ4v) is 6.20. The minimum atomic E-state index is -0.837. The van der Waals surface area contributed by atoms with E-state index >= 15 is 0 Å². The molecule has 3 aromatic carbocycles. The number of halogens is 1. The van der Waals surface area contributed by atoms with E-state index in [4.69, 9.17) is 9.47 Å². The van der Waals surface area contributed by atoms with Crippen molar-refractivity contribution in [3.63, 3.8) is 0 Å². The molecule has 1 unspecified atom stereocenters. The zero-order valence-corrected chi connectivity index (χ0v) is 28.4. The lowest BCUT2D eigenvalue weighted by molar-refractivity contribution is -0.110. The molecule has 0 aromatic heterocycles. The third-order valence-electron chi connectivity index (χ3n) is 8.75. The van der Waals surface area contributed by atoms with Gasteiger partial charge in [0, 0.05) is 11.9 Å². The lowest BCUT2D eigenvalue weighted by Crippen LogP contribution is -2.45. The van der Waals surface area contributed by atoms with Crippen molar-refractivity contribution in [3.8, 4) is 5.75 Å². The topological polar surface area (TPSA) is 82.1 Å². The highest BCUT2D eigenvalue weighted by atomic mass is 19.1. The molecule has 4 rings (SSSR count). The first-order valence-electron chi connectivity index (χ1n) is 15.8. The van der Waals surface area contributed by atoms with Crippen LogP contribution >= 0.6 is 0 Å². The Morgan fingerprint density at radius 3 is 2.09 bits per heavy atom. The number of carbonyl (C=O) groups excluding carboxylic acids is 3. The number of carbonyl (C=O) groups is 3. The number of aldehydes is 1. The average molecular weight is 632 g/mol. The van der Waals surface area contributed by atoms with E-state index in [1.54, 1.807) is 52.1 Å². The van der Waals surface area contributed by atoms with Crippen LogP contribution in [0.2, 0.25) is 12.6 Å². The molecule has 0 aliphatic carbocycles. The maximum absolute atomic E-state index is 14.9. The second-order valence-electron chi connectivity index (χ2n) is 12.9. The van der Waals surface area contributed by atoms with Crippen LogP contribution in [-0.2, 0) is 19.6 Å². The van der Waals surface area contributed by atoms with Gasteiger partial charge in [0.2, 0.25) is 0 Å². The van der Waals surface area contributed by atoms with Gasteiger partial charge < -0.3 is 19.0 Å². The molecule has 1 atom stereocenters. The molecule has 1 saturated heterocycles. The number of hydrogen-bond acceptors (Lipinski definition) is 6. The summed E-state index contributed by atoms with van der Waals surface area (Å²) in [6, 6.07) is 20.1. The number of amides is 1. The number of hydrogen-bond donors (Lipinski definition) is 0. The Kier molecular flexibility index (Phi) is 12.6. The van der Waals surface area contributed by atoms with E-state index in [1.807, 2.05) is 26.8 Å². The molecule has 1 amide bonds. The van der Waals surface area contributed by atoms with E-state index in [0.717, 1.165) is 43.1 Å². The summed E-state index contributed by atoms with van der Waals surface area (Å²) in [5.74, 6) is 0.421. The van der Waals surface area contributed by atoms with Gasteiger partial charge in [-0.25, -0.2) is 14.0 Å². The summed E-state index contributed by atoms with van der Waals surface area (Å²) in [7, 11) is 2.93. The Hall–Kier alpha value is -4.14. The van der Waals surface area contributed by atoms with Crippen LogP contribution in [0.25, 0.3) is 0 Å². The summed E-state index contributed by atoms with van der Waals surface area (Å²) >= 11 is 0. The molecule has 46 heavy (non-hydrogen) atoms. The molecule has 1 aliphatic rings. The largest absolute Gasteiger partial charge is 0.497 e. The van der Waals surface area contributed by atoms with Gasteiger partial charge in [-0.1, -0.05) is 62.7 Å². The maximum Gasteiger partial charge on any atom is 0.414 e. The number of anilines is 1. The van der Waals surface area contributed by atoms with E-state index in [0.29, 0.717) is 29.3 Å². The lowest BCUT2D eigenvalue weighted by Gasteiger charge is -2.38. The van der Waals surface area contributed by atoms with Gasteiger partial charge in [0.05, 0.1) is 25.5 Å². The Morgan fingerprint density at radius 2 is 1.59 bits per heavy atom. The highest BCUT2D eigenvalue weighted by Crippen LogP contribution is 2.42. The summed E-state index contributed by atoms with van der Waals surface area (Å²) < 4.78 is 29.9. The Balaban J connectivity index is 0.000000402. The fourth-order valence-electron chi connectivity index (χ4n) is 6.20. The monoisotopic (exact) mass is 631 g/mol. The molecule has 9 heteroatoms. The van der Waals surface area contributed by atoms with Crippen molar-refractivity contribution in [2.24, 2.45) is 0 Å². The molecule has 0 saturated carbocycles. The number of nitrogens with zero attached hydrogens (tertiary/aromatic N) is 1. The number of methoxy groups -OCH3 is 2. The predicted molar refractivity (Wildman–Crippen MR) is 182 cm³/mol. The van der Waals surface area contributed by atoms with Crippen molar-refractivity contribution in [2.45, 2.75) is 83.9 Å². The molecule has 3 aromatic rings. The minimum absolute atomic E-state index is 0.106. The first-order valence-corrected chi connectivity index (χ1v) is 15.8. The van der Waals surface area contributed by atoms with Crippen molar-refractivity contribution in [1.82, 2.24) is 0 Å². The van der Waals surface area contributed by atoms with Gasteiger partial charge in [0.15, 0.2) is 6.71 Å². The van der Waals surface area contributed by atoms with Crippen molar-refractivity contribution in [2.75, 3.05) is 25.7 Å². The number of ether oxygens (including phenoxy) is 3. The second-order valence-corrected chi connectivity index (χ2v) is 12.9. The standard InChI is InChI=1S/C28H37BFNO3.C9H10O3/c1-7-31(26(33)34-27(3,4)5)25-18-23(30)17-24(20(25)2)28(6,19-32)29-15-13-22(14-16-29)21-11-9-8-10-12-21;1-11-8-5-3-7(4-6-8)9(10)12-2/h8-12,17-19,22H,7,13-16H2,1-6H3;3-6H,1-2H3. The normalized spacial score (nSPS) is 14.7. The molecule has 0 bridgehead atoms. The fraction of sp³-hybridized carbons (Fsp3) is 0.432. The molecule has 0 radical (unpaired) electrons. The van der Waals surface area contributed by atoms with Gasteiger partial charge in [-0.2, -0.15) is 0 Å². The van der Waals surface area contributed by atoms with Crippen LogP contribution in [0.15, 0.2) is 66.7 Å². The molecule has 1 fully saturated rings. The summed E-state index contributed by atoms with van der Waals surface area (Å²) in [4.78, 5) is 37.9. The van der Waals surface area contributed by atoms with Gasteiger partial charge in [0.25, 0.3) is 0 Å². The van der Waals surface area contributed by atoms with Crippen LogP contribution in [0.1, 0.15) is 80.4 Å². The van der Waals surface area contributed by atoms with Crippen LogP contribution in [0.5, 0.6) is 5.75 Å². The Bertz CT molecular complexity index is 1470. The molecule has 1 aliphatic heterocycles. The van der Waals surface area contributed by atoms with Crippen LogP contribution in [-0.4, -0.2) is 51.4 Å². The van der Waals surface area contributed by atoms with Crippen LogP contribution < -0.4 is 9.64 Å². The smallest absolute Gasteiger partial charge is 0.414 e. The van der Waals surface area contributed by atoms with Crippen LogP contribution in [0.4, 0.5) is 14.9 Å². The molecule has 1 heterocycles. The van der Waals surface area contributed by atoms with Crippen molar-refractivity contribution in [3.05, 3.63) is 94.8 Å². The number of esters is 1. The van der Waals surface area contributed by atoms with Crippen LogP contribution in [0, 0.1) is 12.7 Å². The third kappa shape index (κ3) is 8.98. The summed E-state index contributed by atoms with van der Waals surface area (Å²) in [6.07, 6.45) is 4.24. The van der Waals surface area contributed by atoms with E-state index in [-0.39, 0.29) is 12.7 Å². The van der Waals surface area contributed by atoms with E-state index in [1.165, 1.54) is 29.7 Å². The van der Waals surface area contributed by atoms with Gasteiger partial charge in [-0.05, 0) is 93.6 Å². The maximum atomic E-state index is 14.9. The van der Waals surface area contributed by atoms with E-state index in [9.17, 15) is 18.8 Å². The Morgan fingerprint density at radius 1 is 0.978 bits per heavy atom. The highest BCUT2D eigenvalue weighted by Gasteiger charge is 2.43. The average Bonchev–Trinajstić information content (AvgIpc) is 3.05. The quantitative estimate of drug-likeness (QED) is 0.141. The van der Waals surface area contributed by atoms with Gasteiger partial charge in [0.1, 0.15) is 23.5 Å². The van der Waals surface area contributed by atoms with Crippen molar-refractivity contribution in [1.29, 1.82) is 0 Å². The Labute approximate surface area is 273 Å². The van der Waals surface area contributed by atoms with Gasteiger partial charge >= 0.3 is 12.1 Å². The van der Waals surface area contributed by atoms with Crippen molar-refractivity contribution >= 4 is 30.7 Å². The third-order valence-corrected chi connectivity index (χ3v) is 8.75. The zero-order chi connectivity index (χ0) is 34.1. The molecule has 0 N–H and O–H groups in total. The SMILES string of the molecule is CCN(C(=O)OC(C)(C)C)c1cc(F)cc(C(C)(C=O)B2CCC(c3ccccc3)CC2)c1C.COC(=O)c1ccc(OC)cc1. The van der Waals surface area contributed by atoms with Gasteiger partial charge in [-0.3, -0.25) is 4.90 Å².